The van der Waals surface area contributed by atoms with Crippen molar-refractivity contribution in [3.63, 3.8) is 0 Å². The summed E-state index contributed by atoms with van der Waals surface area (Å²) >= 11 is 1.48. The molecule has 0 saturated carbocycles. The summed E-state index contributed by atoms with van der Waals surface area (Å²) in [6.45, 7) is 8.96. The Kier molecular flexibility index (Phi) is 7.56. The SMILES string of the molecule is CC(C)=c1ccc2c(c1C1=C(c3cccc(C)c3C)C=CC1)[C]([Zr+2])=c1ccccc1=2.[Cl-].[Cl-]. The van der Waals surface area contributed by atoms with E-state index in [9.17, 15) is 0 Å². The summed E-state index contributed by atoms with van der Waals surface area (Å²) in [7, 11) is 0. The summed E-state index contributed by atoms with van der Waals surface area (Å²) < 4.78 is 1.49. The second kappa shape index (κ2) is 9.68. The van der Waals surface area contributed by atoms with Crippen molar-refractivity contribution in [1.82, 2.24) is 0 Å². The van der Waals surface area contributed by atoms with Crippen molar-refractivity contribution >= 4 is 20.0 Å². The minimum Gasteiger partial charge on any atom is -1.00 e. The van der Waals surface area contributed by atoms with Gasteiger partial charge in [0, 0.05) is 0 Å². The van der Waals surface area contributed by atoms with E-state index >= 15 is 0 Å². The first-order valence-corrected chi connectivity index (χ1v) is 11.8. The molecule has 0 aliphatic heterocycles. The molecule has 0 unspecified atom stereocenters. The van der Waals surface area contributed by atoms with Crippen molar-refractivity contribution in [2.24, 2.45) is 0 Å². The molecule has 0 aromatic heterocycles. The van der Waals surface area contributed by atoms with Gasteiger partial charge in [-0.05, 0) is 0 Å². The normalized spacial score (nSPS) is 13.5. The molecule has 5 rings (SSSR count). The molecule has 2 aliphatic rings. The molecule has 0 N–H and O–H groups in total. The zero-order valence-corrected chi connectivity index (χ0v) is 22.8. The molecule has 0 amide bonds. The van der Waals surface area contributed by atoms with Crippen LogP contribution in [0.25, 0.3) is 20.0 Å². The number of hydrogen-bond donors (Lipinski definition) is 0. The number of aryl methyl sites for hydroxylation is 1. The molecule has 3 heteroatoms. The van der Waals surface area contributed by atoms with E-state index < -0.39 is 0 Å². The third kappa shape index (κ3) is 3.83. The molecule has 0 heterocycles. The Balaban J connectivity index is 0.00000144. The summed E-state index contributed by atoms with van der Waals surface area (Å²) in [5, 5.41) is 5.60. The van der Waals surface area contributed by atoms with E-state index in [1.807, 2.05) is 0 Å². The quantitative estimate of drug-likeness (QED) is 0.422. The molecule has 0 bridgehead atoms. The Morgan fingerprint density at radius 3 is 2.22 bits per heavy atom. The van der Waals surface area contributed by atoms with Crippen LogP contribution in [0.3, 0.4) is 0 Å². The van der Waals surface area contributed by atoms with Crippen molar-refractivity contribution in [2.75, 3.05) is 0 Å². The summed E-state index contributed by atoms with van der Waals surface area (Å²) in [6, 6.07) is 20.3. The van der Waals surface area contributed by atoms with Crippen LogP contribution in [0.4, 0.5) is 0 Å². The molecule has 0 saturated heterocycles. The van der Waals surface area contributed by atoms with Gasteiger partial charge < -0.3 is 24.8 Å². The van der Waals surface area contributed by atoms with Crippen molar-refractivity contribution in [3.05, 3.63) is 115 Å². The van der Waals surface area contributed by atoms with E-state index in [1.54, 1.807) is 0 Å². The Morgan fingerprint density at radius 2 is 1.50 bits per heavy atom. The van der Waals surface area contributed by atoms with Gasteiger partial charge in [-0.15, -0.1) is 0 Å². The van der Waals surface area contributed by atoms with Gasteiger partial charge >= 0.3 is 194 Å². The van der Waals surface area contributed by atoms with Crippen LogP contribution in [0.15, 0.2) is 66.7 Å². The van der Waals surface area contributed by atoms with Crippen LogP contribution in [-0.2, 0) is 24.7 Å². The van der Waals surface area contributed by atoms with Crippen molar-refractivity contribution in [1.29, 1.82) is 0 Å². The largest absolute Gasteiger partial charge is 1.00 e. The third-order valence-electron chi connectivity index (χ3n) is 6.61. The first kappa shape index (κ1) is 25.0. The molecular formula is C29H25Cl2Zr. The van der Waals surface area contributed by atoms with Crippen LogP contribution in [0.1, 0.15) is 48.1 Å². The average molecular weight is 536 g/mol. The van der Waals surface area contributed by atoms with Gasteiger partial charge in [0.25, 0.3) is 0 Å². The number of allylic oxidation sites excluding steroid dienone is 4. The van der Waals surface area contributed by atoms with Gasteiger partial charge in [-0.1, -0.05) is 0 Å². The van der Waals surface area contributed by atoms with Gasteiger partial charge in [0.05, 0.1) is 0 Å². The first-order valence-electron chi connectivity index (χ1n) is 10.6. The molecule has 159 valence electrons. The molecule has 0 fully saturated rings. The molecule has 3 aromatic rings. The van der Waals surface area contributed by atoms with E-state index in [2.05, 4.69) is 94.4 Å². The second-order valence-corrected chi connectivity index (χ2v) is 9.81. The van der Waals surface area contributed by atoms with Gasteiger partial charge in [0.15, 0.2) is 0 Å². The van der Waals surface area contributed by atoms with E-state index in [4.69, 9.17) is 0 Å². The van der Waals surface area contributed by atoms with Crippen LogP contribution in [0.2, 0.25) is 0 Å². The smallest absolute Gasteiger partial charge is 1.00 e. The Hall–Kier alpha value is -1.66. The van der Waals surface area contributed by atoms with E-state index in [0.29, 0.717) is 0 Å². The van der Waals surface area contributed by atoms with Crippen LogP contribution >= 0.6 is 0 Å². The number of halogens is 2. The number of rotatable bonds is 2. The zero-order valence-electron chi connectivity index (χ0n) is 18.8. The molecule has 0 spiro atoms. The maximum atomic E-state index is 2.35. The van der Waals surface area contributed by atoms with Crippen LogP contribution in [-0.4, -0.2) is 0 Å². The summed E-state index contributed by atoms with van der Waals surface area (Å²) in [6.07, 6.45) is 5.68. The maximum Gasteiger partial charge on any atom is -1.00 e. The number of benzene rings is 3. The standard InChI is InChI=1S/C29H25.2ClH.Zr/c1-18(2)22-15-16-26-24-11-6-5-10-21(24)17-28(26)29(22)27-14-8-13-25(27)23-12-7-9-19(3)20(23)4;;;/h5-13,15-16H,14H2,1-4H3;2*1H;/q;;;+2/p-2. The Bertz CT molecular complexity index is 1500. The zero-order chi connectivity index (χ0) is 21.0. The Labute approximate surface area is 217 Å². The maximum absolute atomic E-state index is 2.35. The molecule has 32 heavy (non-hydrogen) atoms. The molecule has 0 radical (unpaired) electrons. The summed E-state index contributed by atoms with van der Waals surface area (Å²) in [5.74, 6) is 0. The fourth-order valence-electron chi connectivity index (χ4n) is 4.92. The van der Waals surface area contributed by atoms with Crippen LogP contribution in [0.5, 0.6) is 0 Å². The van der Waals surface area contributed by atoms with E-state index in [-0.39, 0.29) is 24.8 Å². The average Bonchev–Trinajstić information content (AvgIpc) is 3.33. The summed E-state index contributed by atoms with van der Waals surface area (Å²) in [5.41, 5.74) is 11.3. The van der Waals surface area contributed by atoms with Crippen LogP contribution in [0, 0.1) is 24.3 Å². The topological polar surface area (TPSA) is 0 Å². The van der Waals surface area contributed by atoms with Crippen molar-refractivity contribution in [2.45, 2.75) is 34.1 Å². The number of fused-ring (bicyclic) bond motifs is 2. The summed E-state index contributed by atoms with van der Waals surface area (Å²) in [4.78, 5) is 0. The fourth-order valence-corrected chi connectivity index (χ4v) is 6.10. The van der Waals surface area contributed by atoms with Crippen molar-refractivity contribution < 1.29 is 49.5 Å². The molecule has 0 nitrogen and oxygen atoms in total. The molecule has 3 aromatic carbocycles. The number of hydrogen-bond acceptors (Lipinski definition) is 0. The molecular weight excluding hydrogens is 510 g/mol. The van der Waals surface area contributed by atoms with Gasteiger partial charge in [0.2, 0.25) is 0 Å². The minimum atomic E-state index is 0. The third-order valence-corrected chi connectivity index (χ3v) is 7.89. The predicted molar refractivity (Wildman–Crippen MR) is 124 cm³/mol. The van der Waals surface area contributed by atoms with Crippen molar-refractivity contribution in [3.8, 4) is 0 Å². The van der Waals surface area contributed by atoms with Gasteiger partial charge in [-0.3, -0.25) is 0 Å². The van der Waals surface area contributed by atoms with E-state index in [1.165, 1.54) is 93.4 Å². The first-order chi connectivity index (χ1) is 14.5. The van der Waals surface area contributed by atoms with Crippen LogP contribution < -0.4 is 35.3 Å². The molecule has 0 atom stereocenters. The van der Waals surface area contributed by atoms with E-state index in [0.717, 1.165) is 6.42 Å². The Morgan fingerprint density at radius 1 is 0.781 bits per heavy atom. The second-order valence-electron chi connectivity index (χ2n) is 8.58. The minimum absolute atomic E-state index is 0. The monoisotopic (exact) mass is 533 g/mol. The van der Waals surface area contributed by atoms with Gasteiger partial charge in [-0.25, -0.2) is 0 Å². The predicted octanol–water partition coefficient (Wildman–Crippen LogP) is -0.324. The fraction of sp³-hybridized carbons (Fsp3) is 0.172. The van der Waals surface area contributed by atoms with Gasteiger partial charge in [-0.2, -0.15) is 0 Å². The molecule has 2 aliphatic carbocycles. The van der Waals surface area contributed by atoms with Gasteiger partial charge in [0.1, 0.15) is 0 Å².